The molecule has 1 heterocycles. The Bertz CT molecular complexity index is 444. The minimum absolute atomic E-state index is 0.0437. The van der Waals surface area contributed by atoms with Gasteiger partial charge in [0, 0.05) is 0 Å². The molecular formula is C14H18N2O2. The van der Waals surface area contributed by atoms with E-state index >= 15 is 0 Å². The largest absolute Gasteiger partial charge is 0.497 e. The summed E-state index contributed by atoms with van der Waals surface area (Å²) in [6.45, 7) is 0.997. The van der Waals surface area contributed by atoms with Gasteiger partial charge < -0.3 is 14.4 Å². The normalized spacial score (nSPS) is 18.8. The third-order valence-corrected chi connectivity index (χ3v) is 3.41. The van der Waals surface area contributed by atoms with Crippen molar-refractivity contribution in [3.63, 3.8) is 0 Å². The van der Waals surface area contributed by atoms with Crippen LogP contribution in [0.2, 0.25) is 0 Å². The van der Waals surface area contributed by atoms with Crippen molar-refractivity contribution in [1.29, 1.82) is 5.26 Å². The molecule has 96 valence electrons. The van der Waals surface area contributed by atoms with Gasteiger partial charge in [0.05, 0.1) is 32.4 Å². The van der Waals surface area contributed by atoms with Crippen molar-refractivity contribution in [3.05, 3.63) is 29.8 Å². The fourth-order valence-corrected chi connectivity index (χ4v) is 2.50. The van der Waals surface area contributed by atoms with Crippen LogP contribution in [0.25, 0.3) is 0 Å². The second-order valence-corrected chi connectivity index (χ2v) is 4.90. The fraction of sp³-hybridized carbons (Fsp3) is 0.500. The maximum atomic E-state index is 9.44. The van der Waals surface area contributed by atoms with Crippen molar-refractivity contribution >= 4 is 0 Å². The molecule has 1 fully saturated rings. The molecule has 1 saturated heterocycles. The number of nitriles is 1. The highest BCUT2D eigenvalue weighted by atomic mass is 16.5. The van der Waals surface area contributed by atoms with E-state index < -0.39 is 5.41 Å². The standard InChI is InChI=1S/C14H18N2O2/c1-16(2)13(14(8-15)9-18-10-14)11-4-6-12(17-3)7-5-11/h4-7,13H,9-10H2,1-3H3. The third-order valence-electron chi connectivity index (χ3n) is 3.41. The molecule has 1 aromatic rings. The first kappa shape index (κ1) is 12.9. The summed E-state index contributed by atoms with van der Waals surface area (Å²) in [6.07, 6.45) is 0. The van der Waals surface area contributed by atoms with Crippen LogP contribution in [0, 0.1) is 16.7 Å². The summed E-state index contributed by atoms with van der Waals surface area (Å²) in [5, 5.41) is 9.44. The monoisotopic (exact) mass is 246 g/mol. The van der Waals surface area contributed by atoms with Crippen molar-refractivity contribution in [1.82, 2.24) is 4.90 Å². The highest BCUT2D eigenvalue weighted by molar-refractivity contribution is 5.32. The lowest BCUT2D eigenvalue weighted by Crippen LogP contribution is -2.50. The number of ether oxygens (including phenoxy) is 2. The van der Waals surface area contributed by atoms with Gasteiger partial charge in [-0.15, -0.1) is 0 Å². The maximum absolute atomic E-state index is 9.44. The Morgan fingerprint density at radius 2 is 1.94 bits per heavy atom. The van der Waals surface area contributed by atoms with Crippen molar-refractivity contribution in [2.24, 2.45) is 5.41 Å². The van der Waals surface area contributed by atoms with E-state index in [-0.39, 0.29) is 6.04 Å². The molecule has 0 spiro atoms. The Morgan fingerprint density at radius 3 is 2.28 bits per heavy atom. The summed E-state index contributed by atoms with van der Waals surface area (Å²) >= 11 is 0. The molecule has 0 N–H and O–H groups in total. The molecule has 0 aliphatic carbocycles. The number of rotatable bonds is 4. The summed E-state index contributed by atoms with van der Waals surface area (Å²) in [4.78, 5) is 2.08. The molecule has 0 aromatic heterocycles. The molecule has 0 amide bonds. The highest BCUT2D eigenvalue weighted by Crippen LogP contribution is 2.43. The second-order valence-electron chi connectivity index (χ2n) is 4.90. The maximum Gasteiger partial charge on any atom is 0.123 e. The van der Waals surface area contributed by atoms with E-state index in [9.17, 15) is 5.26 Å². The van der Waals surface area contributed by atoms with Crippen molar-refractivity contribution in [2.45, 2.75) is 6.04 Å². The number of benzene rings is 1. The second kappa shape index (κ2) is 4.97. The Balaban J connectivity index is 2.33. The van der Waals surface area contributed by atoms with E-state index in [2.05, 4.69) is 11.0 Å². The van der Waals surface area contributed by atoms with Gasteiger partial charge in [-0.2, -0.15) is 5.26 Å². The number of methoxy groups -OCH3 is 1. The predicted molar refractivity (Wildman–Crippen MR) is 68.3 cm³/mol. The molecule has 1 aromatic carbocycles. The van der Waals surface area contributed by atoms with E-state index in [1.165, 1.54) is 0 Å². The van der Waals surface area contributed by atoms with Gasteiger partial charge in [0.25, 0.3) is 0 Å². The van der Waals surface area contributed by atoms with Crippen LogP contribution in [0.5, 0.6) is 5.75 Å². The molecule has 0 radical (unpaired) electrons. The van der Waals surface area contributed by atoms with Crippen LogP contribution in [0.15, 0.2) is 24.3 Å². The summed E-state index contributed by atoms with van der Waals surface area (Å²) in [5.41, 5.74) is 0.684. The van der Waals surface area contributed by atoms with Crippen LogP contribution in [-0.2, 0) is 4.74 Å². The molecular weight excluding hydrogens is 228 g/mol. The smallest absolute Gasteiger partial charge is 0.123 e. The average molecular weight is 246 g/mol. The van der Waals surface area contributed by atoms with Gasteiger partial charge in [-0.3, -0.25) is 0 Å². The van der Waals surface area contributed by atoms with Crippen LogP contribution < -0.4 is 4.74 Å². The number of nitrogens with zero attached hydrogens (tertiary/aromatic N) is 2. The zero-order valence-electron chi connectivity index (χ0n) is 11.0. The first-order valence-corrected chi connectivity index (χ1v) is 5.92. The van der Waals surface area contributed by atoms with Gasteiger partial charge in [-0.05, 0) is 31.8 Å². The first-order chi connectivity index (χ1) is 8.63. The Labute approximate surface area is 108 Å². The fourth-order valence-electron chi connectivity index (χ4n) is 2.50. The van der Waals surface area contributed by atoms with E-state index in [1.54, 1.807) is 7.11 Å². The van der Waals surface area contributed by atoms with E-state index in [4.69, 9.17) is 9.47 Å². The third kappa shape index (κ3) is 2.07. The van der Waals surface area contributed by atoms with Crippen molar-refractivity contribution in [2.75, 3.05) is 34.4 Å². The van der Waals surface area contributed by atoms with E-state index in [0.29, 0.717) is 13.2 Å². The molecule has 2 rings (SSSR count). The molecule has 4 heteroatoms. The topological polar surface area (TPSA) is 45.5 Å². The van der Waals surface area contributed by atoms with Crippen molar-refractivity contribution < 1.29 is 9.47 Å². The molecule has 1 aliphatic heterocycles. The summed E-state index contributed by atoms with van der Waals surface area (Å²) in [6, 6.07) is 10.4. The van der Waals surface area contributed by atoms with E-state index in [0.717, 1.165) is 11.3 Å². The van der Waals surface area contributed by atoms with Gasteiger partial charge in [0.1, 0.15) is 11.2 Å². The molecule has 1 aliphatic rings. The zero-order chi connectivity index (χ0) is 13.2. The molecule has 0 bridgehead atoms. The Kier molecular flexibility index (Phi) is 3.55. The van der Waals surface area contributed by atoms with Gasteiger partial charge >= 0.3 is 0 Å². The molecule has 4 nitrogen and oxygen atoms in total. The lowest BCUT2D eigenvalue weighted by Gasteiger charge is -2.44. The predicted octanol–water partition coefficient (Wildman–Crippen LogP) is 1.84. The average Bonchev–Trinajstić information content (AvgIpc) is 2.33. The zero-order valence-corrected chi connectivity index (χ0v) is 11.0. The van der Waals surface area contributed by atoms with Gasteiger partial charge in [0.2, 0.25) is 0 Å². The van der Waals surface area contributed by atoms with Crippen molar-refractivity contribution in [3.8, 4) is 11.8 Å². The molecule has 18 heavy (non-hydrogen) atoms. The SMILES string of the molecule is COc1ccc(C(N(C)C)C2(C#N)COC2)cc1. The summed E-state index contributed by atoms with van der Waals surface area (Å²) in [5.74, 6) is 0.826. The van der Waals surface area contributed by atoms with Crippen LogP contribution >= 0.6 is 0 Å². The summed E-state index contributed by atoms with van der Waals surface area (Å²) in [7, 11) is 5.63. The lowest BCUT2D eigenvalue weighted by molar-refractivity contribution is -0.115. The number of hydrogen-bond acceptors (Lipinski definition) is 4. The van der Waals surface area contributed by atoms with Crippen LogP contribution in [0.3, 0.4) is 0 Å². The van der Waals surface area contributed by atoms with E-state index in [1.807, 2.05) is 38.4 Å². The van der Waals surface area contributed by atoms with Crippen LogP contribution in [0.1, 0.15) is 11.6 Å². The first-order valence-electron chi connectivity index (χ1n) is 5.92. The lowest BCUT2D eigenvalue weighted by atomic mass is 9.76. The Morgan fingerprint density at radius 1 is 1.33 bits per heavy atom. The number of hydrogen-bond donors (Lipinski definition) is 0. The quantitative estimate of drug-likeness (QED) is 0.813. The molecule has 0 saturated carbocycles. The van der Waals surface area contributed by atoms with Gasteiger partial charge in [-0.25, -0.2) is 0 Å². The van der Waals surface area contributed by atoms with Crippen LogP contribution in [0.4, 0.5) is 0 Å². The molecule has 1 unspecified atom stereocenters. The summed E-state index contributed by atoms with van der Waals surface area (Å²) < 4.78 is 10.4. The minimum Gasteiger partial charge on any atom is -0.497 e. The minimum atomic E-state index is -0.432. The van der Waals surface area contributed by atoms with Gasteiger partial charge in [0.15, 0.2) is 0 Å². The van der Waals surface area contributed by atoms with Crippen LogP contribution in [-0.4, -0.2) is 39.3 Å². The molecule has 1 atom stereocenters. The van der Waals surface area contributed by atoms with Gasteiger partial charge in [-0.1, -0.05) is 12.1 Å². The highest BCUT2D eigenvalue weighted by Gasteiger charge is 2.48. The Hall–Kier alpha value is -1.57.